The number of esters is 1. The van der Waals surface area contributed by atoms with Gasteiger partial charge in [0.2, 0.25) is 5.78 Å². The van der Waals surface area contributed by atoms with Gasteiger partial charge in [0, 0.05) is 29.3 Å². The quantitative estimate of drug-likeness (QED) is 0.671. The molecule has 0 amide bonds. The Balaban J connectivity index is 2.27. The third-order valence-electron chi connectivity index (χ3n) is 3.08. The van der Waals surface area contributed by atoms with Gasteiger partial charge in [0.15, 0.2) is 6.10 Å². The lowest BCUT2D eigenvalue weighted by atomic mass is 10.0. The Morgan fingerprint density at radius 3 is 2.70 bits per heavy atom. The number of methoxy groups -OCH3 is 1. The van der Waals surface area contributed by atoms with Crippen LogP contribution in [0.1, 0.15) is 23.0 Å². The molecule has 0 spiro atoms. The lowest BCUT2D eigenvalue weighted by Crippen LogP contribution is -2.26. The van der Waals surface area contributed by atoms with Crippen molar-refractivity contribution in [3.8, 4) is 0 Å². The molecule has 0 aliphatic rings. The third-order valence-corrected chi connectivity index (χ3v) is 3.08. The van der Waals surface area contributed by atoms with E-state index >= 15 is 0 Å². The van der Waals surface area contributed by atoms with Gasteiger partial charge in [-0.3, -0.25) is 4.79 Å². The predicted octanol–water partition coefficient (Wildman–Crippen LogP) is 2.24. The number of aromatic nitrogens is 1. The topological polar surface area (TPSA) is 68.4 Å². The molecular formula is C15H17NO4. The van der Waals surface area contributed by atoms with Gasteiger partial charge in [-0.2, -0.15) is 0 Å². The Bertz CT molecular complexity index is 644. The minimum atomic E-state index is -0.837. The summed E-state index contributed by atoms with van der Waals surface area (Å²) in [7, 11) is 1.40. The van der Waals surface area contributed by atoms with Gasteiger partial charge in [0.1, 0.15) is 6.61 Å². The number of hydrogen-bond acceptors (Lipinski definition) is 4. The minimum absolute atomic E-state index is 0.162. The third kappa shape index (κ3) is 2.72. The number of ketones is 1. The average molecular weight is 275 g/mol. The van der Waals surface area contributed by atoms with E-state index in [1.807, 2.05) is 31.2 Å². The number of benzene rings is 1. The van der Waals surface area contributed by atoms with Crippen LogP contribution in [0.25, 0.3) is 10.9 Å². The van der Waals surface area contributed by atoms with E-state index in [0.717, 1.165) is 16.6 Å². The number of H-pyrrole nitrogens is 1. The fourth-order valence-electron chi connectivity index (χ4n) is 2.20. The van der Waals surface area contributed by atoms with Crippen LogP contribution in [0.4, 0.5) is 0 Å². The van der Waals surface area contributed by atoms with Gasteiger partial charge in [0.05, 0.1) is 0 Å². The fraction of sp³-hybridized carbons (Fsp3) is 0.333. The summed E-state index contributed by atoms with van der Waals surface area (Å²) >= 11 is 0. The molecule has 0 fully saturated rings. The van der Waals surface area contributed by atoms with Crippen LogP contribution in [0.15, 0.2) is 24.3 Å². The monoisotopic (exact) mass is 275 g/mol. The molecule has 0 aliphatic carbocycles. The number of carbonyl (C=O) groups excluding carboxylic acids is 2. The van der Waals surface area contributed by atoms with Crippen LogP contribution >= 0.6 is 0 Å². The largest absolute Gasteiger partial charge is 0.453 e. The van der Waals surface area contributed by atoms with Crippen molar-refractivity contribution in [3.63, 3.8) is 0 Å². The van der Waals surface area contributed by atoms with Crippen LogP contribution in [0.3, 0.4) is 0 Å². The number of para-hydroxylation sites is 1. The van der Waals surface area contributed by atoms with E-state index in [-0.39, 0.29) is 12.4 Å². The minimum Gasteiger partial charge on any atom is -0.453 e. The SMILES string of the molecule is COCC(=O)O[C@H](C)C(=O)c1c(C)[nH]c2ccccc12. The lowest BCUT2D eigenvalue weighted by molar-refractivity contribution is -0.150. The van der Waals surface area contributed by atoms with Crippen molar-refractivity contribution in [2.45, 2.75) is 20.0 Å². The summed E-state index contributed by atoms with van der Waals surface area (Å²) in [6.45, 7) is 3.23. The van der Waals surface area contributed by atoms with Gasteiger partial charge in [-0.25, -0.2) is 4.79 Å². The van der Waals surface area contributed by atoms with Gasteiger partial charge in [0.25, 0.3) is 0 Å². The number of carbonyl (C=O) groups is 2. The first-order valence-corrected chi connectivity index (χ1v) is 6.34. The van der Waals surface area contributed by atoms with Crippen LogP contribution in [0, 0.1) is 6.92 Å². The number of aromatic amines is 1. The Hall–Kier alpha value is -2.14. The molecule has 1 N–H and O–H groups in total. The average Bonchev–Trinajstić information content (AvgIpc) is 2.73. The maximum Gasteiger partial charge on any atom is 0.332 e. The maximum atomic E-state index is 12.4. The number of rotatable bonds is 5. The van der Waals surface area contributed by atoms with E-state index in [4.69, 9.17) is 4.74 Å². The van der Waals surface area contributed by atoms with E-state index in [2.05, 4.69) is 9.72 Å². The van der Waals surface area contributed by atoms with E-state index in [0.29, 0.717) is 5.56 Å². The van der Waals surface area contributed by atoms with Crippen molar-refractivity contribution in [2.24, 2.45) is 0 Å². The summed E-state index contributed by atoms with van der Waals surface area (Å²) < 4.78 is 9.73. The Morgan fingerprint density at radius 1 is 1.30 bits per heavy atom. The first kappa shape index (κ1) is 14.3. The predicted molar refractivity (Wildman–Crippen MR) is 74.8 cm³/mol. The molecule has 1 aromatic carbocycles. The molecule has 0 unspecified atom stereocenters. The fourth-order valence-corrected chi connectivity index (χ4v) is 2.20. The number of fused-ring (bicyclic) bond motifs is 1. The molecule has 5 nitrogen and oxygen atoms in total. The van der Waals surface area contributed by atoms with Crippen molar-refractivity contribution in [2.75, 3.05) is 13.7 Å². The molecule has 5 heteroatoms. The molecule has 106 valence electrons. The van der Waals surface area contributed by atoms with Crippen molar-refractivity contribution in [1.29, 1.82) is 0 Å². The molecule has 1 aromatic heterocycles. The maximum absolute atomic E-state index is 12.4. The normalized spacial score (nSPS) is 12.3. The van der Waals surface area contributed by atoms with Crippen molar-refractivity contribution in [1.82, 2.24) is 4.98 Å². The smallest absolute Gasteiger partial charge is 0.332 e. The second-order valence-corrected chi connectivity index (χ2v) is 4.60. The van der Waals surface area contributed by atoms with Crippen LogP contribution in [0.2, 0.25) is 0 Å². The zero-order valence-corrected chi connectivity index (χ0v) is 11.7. The standard InChI is InChI=1S/C15H17NO4/c1-9-14(11-6-4-5-7-12(11)16-9)15(18)10(2)20-13(17)8-19-3/h4-7,10,16H,8H2,1-3H3/t10-/m1/s1. The summed E-state index contributed by atoms with van der Waals surface area (Å²) in [5.41, 5.74) is 2.23. The highest BCUT2D eigenvalue weighted by Gasteiger charge is 2.24. The molecule has 0 radical (unpaired) electrons. The molecule has 1 atom stereocenters. The van der Waals surface area contributed by atoms with Crippen LogP contribution < -0.4 is 0 Å². The summed E-state index contributed by atoms with van der Waals surface area (Å²) in [5, 5.41) is 0.838. The van der Waals surface area contributed by atoms with E-state index < -0.39 is 12.1 Å². The zero-order valence-electron chi connectivity index (χ0n) is 11.7. The second-order valence-electron chi connectivity index (χ2n) is 4.60. The number of Topliss-reactive ketones (excluding diaryl/α,β-unsaturated/α-hetero) is 1. The molecule has 0 saturated carbocycles. The molecular weight excluding hydrogens is 258 g/mol. The highest BCUT2D eigenvalue weighted by Crippen LogP contribution is 2.23. The molecule has 0 saturated heterocycles. The second kappa shape index (κ2) is 5.88. The summed E-state index contributed by atoms with van der Waals surface area (Å²) in [6, 6.07) is 7.54. The van der Waals surface area contributed by atoms with E-state index in [1.165, 1.54) is 7.11 Å². The van der Waals surface area contributed by atoms with Gasteiger partial charge in [-0.1, -0.05) is 18.2 Å². The molecule has 1 heterocycles. The van der Waals surface area contributed by atoms with Gasteiger partial charge < -0.3 is 14.5 Å². The van der Waals surface area contributed by atoms with E-state index in [1.54, 1.807) is 6.92 Å². The Labute approximate surface area is 116 Å². The molecule has 0 aliphatic heterocycles. The highest BCUT2D eigenvalue weighted by atomic mass is 16.6. The van der Waals surface area contributed by atoms with Crippen LogP contribution in [0.5, 0.6) is 0 Å². The molecule has 0 bridgehead atoms. The molecule has 2 rings (SSSR count). The van der Waals surface area contributed by atoms with Gasteiger partial charge in [-0.15, -0.1) is 0 Å². The summed E-state index contributed by atoms with van der Waals surface area (Å²) in [6.07, 6.45) is -0.837. The first-order chi connectivity index (χ1) is 9.54. The van der Waals surface area contributed by atoms with Gasteiger partial charge in [-0.05, 0) is 19.9 Å². The van der Waals surface area contributed by atoms with Crippen molar-refractivity contribution in [3.05, 3.63) is 35.5 Å². The Morgan fingerprint density at radius 2 is 2.00 bits per heavy atom. The van der Waals surface area contributed by atoms with Crippen molar-refractivity contribution >= 4 is 22.7 Å². The molecule has 20 heavy (non-hydrogen) atoms. The summed E-state index contributed by atoms with van der Waals surface area (Å²) in [5.74, 6) is -0.768. The van der Waals surface area contributed by atoms with Crippen LogP contribution in [-0.4, -0.2) is 36.6 Å². The number of ether oxygens (including phenoxy) is 2. The van der Waals surface area contributed by atoms with Gasteiger partial charge >= 0.3 is 5.97 Å². The van der Waals surface area contributed by atoms with E-state index in [9.17, 15) is 9.59 Å². The Kier molecular flexibility index (Phi) is 4.20. The number of hydrogen-bond donors (Lipinski definition) is 1. The first-order valence-electron chi connectivity index (χ1n) is 6.34. The molecule has 2 aromatic rings. The van der Waals surface area contributed by atoms with Crippen LogP contribution in [-0.2, 0) is 14.3 Å². The van der Waals surface area contributed by atoms with Crippen molar-refractivity contribution < 1.29 is 19.1 Å². The summed E-state index contributed by atoms with van der Waals surface area (Å²) in [4.78, 5) is 27.0. The highest BCUT2D eigenvalue weighted by molar-refractivity contribution is 6.11. The number of nitrogens with one attached hydrogen (secondary N) is 1. The lowest BCUT2D eigenvalue weighted by Gasteiger charge is -2.12. The zero-order chi connectivity index (χ0) is 14.7. The number of aryl methyl sites for hydroxylation is 1.